The standard InChI is InChI=1S/C24H27N3O7S/c1-24(2,3)15-10-14(22(25)29)21(34-5)18(26-35(6,32)33)17(15)16-13-9-7-8-12(11-28)19(13)27(4)20(16)23(30)31/h7-11,26H,1-6H3,(H2,25,29)(H,30,31). The summed E-state index contributed by atoms with van der Waals surface area (Å²) in [5.74, 6) is -2.29. The Morgan fingerprint density at radius 3 is 2.29 bits per heavy atom. The molecule has 1 amide bonds. The average Bonchev–Trinajstić information content (AvgIpc) is 3.03. The number of carboxylic acids is 1. The van der Waals surface area contributed by atoms with Crippen LogP contribution in [0.2, 0.25) is 0 Å². The van der Waals surface area contributed by atoms with Crippen LogP contribution in [-0.2, 0) is 22.5 Å². The quantitative estimate of drug-likeness (QED) is 0.420. The number of carbonyl (C=O) groups excluding carboxylic acids is 2. The third-order valence-corrected chi connectivity index (χ3v) is 6.24. The van der Waals surface area contributed by atoms with E-state index in [1.807, 2.05) is 20.8 Å². The molecule has 3 aromatic rings. The largest absolute Gasteiger partial charge is 0.494 e. The van der Waals surface area contributed by atoms with Gasteiger partial charge in [0.2, 0.25) is 10.0 Å². The fraction of sp³-hybridized carbons (Fsp3) is 0.292. The van der Waals surface area contributed by atoms with E-state index in [0.29, 0.717) is 22.8 Å². The van der Waals surface area contributed by atoms with E-state index in [1.165, 1.54) is 24.8 Å². The van der Waals surface area contributed by atoms with Crippen molar-refractivity contribution >= 4 is 44.8 Å². The molecule has 2 aromatic carbocycles. The number of para-hydroxylation sites is 1. The van der Waals surface area contributed by atoms with Crippen molar-refractivity contribution in [3.63, 3.8) is 0 Å². The number of ether oxygens (including phenoxy) is 1. The van der Waals surface area contributed by atoms with Crippen molar-refractivity contribution in [3.8, 4) is 16.9 Å². The van der Waals surface area contributed by atoms with E-state index in [9.17, 15) is 27.9 Å². The number of aromatic carboxylic acids is 1. The zero-order valence-corrected chi connectivity index (χ0v) is 21.0. The van der Waals surface area contributed by atoms with Gasteiger partial charge in [0.1, 0.15) is 5.69 Å². The summed E-state index contributed by atoms with van der Waals surface area (Å²) in [5, 5.41) is 10.6. The Morgan fingerprint density at radius 1 is 1.20 bits per heavy atom. The van der Waals surface area contributed by atoms with Crippen LogP contribution in [0.4, 0.5) is 5.69 Å². The number of carbonyl (C=O) groups is 3. The van der Waals surface area contributed by atoms with Crippen LogP contribution in [0.5, 0.6) is 5.75 Å². The second-order valence-electron chi connectivity index (χ2n) is 9.19. The molecule has 0 radical (unpaired) electrons. The summed E-state index contributed by atoms with van der Waals surface area (Å²) < 4.78 is 34.1. The van der Waals surface area contributed by atoms with Crippen LogP contribution >= 0.6 is 0 Å². The lowest BCUT2D eigenvalue weighted by molar-refractivity contribution is 0.0687. The molecule has 0 bridgehead atoms. The summed E-state index contributed by atoms with van der Waals surface area (Å²) in [6.45, 7) is 5.49. The number of benzene rings is 2. The summed E-state index contributed by atoms with van der Waals surface area (Å²) in [6, 6.07) is 6.30. The second kappa shape index (κ2) is 8.73. The number of primary amides is 1. The lowest BCUT2D eigenvalue weighted by Crippen LogP contribution is -2.22. The maximum absolute atomic E-state index is 12.5. The van der Waals surface area contributed by atoms with Gasteiger partial charge in [0.15, 0.2) is 12.0 Å². The highest BCUT2D eigenvalue weighted by atomic mass is 32.2. The maximum atomic E-state index is 12.5. The molecule has 4 N–H and O–H groups in total. The Kier molecular flexibility index (Phi) is 6.43. The number of methoxy groups -OCH3 is 1. The molecule has 0 saturated carbocycles. The minimum Gasteiger partial charge on any atom is -0.494 e. The Balaban J connectivity index is 2.76. The lowest BCUT2D eigenvalue weighted by atomic mass is 9.79. The predicted octanol–water partition coefficient (Wildman–Crippen LogP) is 3.13. The van der Waals surface area contributed by atoms with Crippen LogP contribution in [0.3, 0.4) is 0 Å². The number of fused-ring (bicyclic) bond motifs is 1. The molecule has 1 heterocycles. The number of nitrogens with zero attached hydrogens (tertiary/aromatic N) is 1. The number of aldehydes is 1. The Bertz CT molecular complexity index is 1500. The fourth-order valence-corrected chi connectivity index (χ4v) is 4.90. The molecular formula is C24H27N3O7S. The molecule has 10 nitrogen and oxygen atoms in total. The van der Waals surface area contributed by atoms with Gasteiger partial charge >= 0.3 is 5.97 Å². The van der Waals surface area contributed by atoms with Crippen molar-refractivity contribution in [2.24, 2.45) is 12.8 Å². The smallest absolute Gasteiger partial charge is 0.353 e. The molecule has 0 aliphatic rings. The van der Waals surface area contributed by atoms with Crippen molar-refractivity contribution < 1.29 is 32.6 Å². The minimum absolute atomic E-state index is 0.0713. The molecule has 186 valence electrons. The average molecular weight is 502 g/mol. The van der Waals surface area contributed by atoms with Crippen molar-refractivity contribution in [1.29, 1.82) is 0 Å². The molecule has 0 saturated heterocycles. The SMILES string of the molecule is COc1c(C(N)=O)cc(C(C)(C)C)c(-c2c(C(=O)O)n(C)c3c(C=O)cccc23)c1NS(C)(=O)=O. The first-order chi connectivity index (χ1) is 16.1. The van der Waals surface area contributed by atoms with Gasteiger partial charge in [-0.15, -0.1) is 0 Å². The molecule has 0 aliphatic heterocycles. The maximum Gasteiger partial charge on any atom is 0.353 e. The monoisotopic (exact) mass is 501 g/mol. The fourth-order valence-electron chi connectivity index (χ4n) is 4.34. The number of amides is 1. The molecule has 1 aromatic heterocycles. The summed E-state index contributed by atoms with van der Waals surface area (Å²) in [6.07, 6.45) is 1.55. The van der Waals surface area contributed by atoms with E-state index in [4.69, 9.17) is 10.5 Å². The number of aryl methyl sites for hydroxylation is 1. The number of nitrogens with two attached hydrogens (primary N) is 1. The van der Waals surface area contributed by atoms with Gasteiger partial charge in [0.05, 0.1) is 30.1 Å². The summed E-state index contributed by atoms with van der Waals surface area (Å²) in [4.78, 5) is 36.6. The normalized spacial score (nSPS) is 11.9. The first-order valence-electron chi connectivity index (χ1n) is 10.5. The Hall–Kier alpha value is -3.86. The van der Waals surface area contributed by atoms with E-state index < -0.39 is 27.3 Å². The summed E-state index contributed by atoms with van der Waals surface area (Å²) >= 11 is 0. The van der Waals surface area contributed by atoms with Gasteiger partial charge in [-0.3, -0.25) is 14.3 Å². The van der Waals surface area contributed by atoms with Gasteiger partial charge in [-0.25, -0.2) is 13.2 Å². The molecule has 11 heteroatoms. The molecule has 0 fully saturated rings. The number of sulfonamides is 1. The van der Waals surface area contributed by atoms with E-state index in [2.05, 4.69) is 4.72 Å². The highest BCUT2D eigenvalue weighted by Crippen LogP contribution is 2.49. The molecule has 0 spiro atoms. The number of carboxylic acid groups (broad SMARTS) is 1. The van der Waals surface area contributed by atoms with Gasteiger partial charge < -0.3 is 20.1 Å². The predicted molar refractivity (Wildman–Crippen MR) is 133 cm³/mol. The van der Waals surface area contributed by atoms with E-state index >= 15 is 0 Å². The highest BCUT2D eigenvalue weighted by molar-refractivity contribution is 7.92. The van der Waals surface area contributed by atoms with Gasteiger partial charge in [0.25, 0.3) is 5.91 Å². The number of anilines is 1. The van der Waals surface area contributed by atoms with Gasteiger partial charge in [-0.2, -0.15) is 0 Å². The lowest BCUT2D eigenvalue weighted by Gasteiger charge is -2.28. The zero-order chi connectivity index (χ0) is 26.5. The topological polar surface area (TPSA) is 158 Å². The first-order valence-corrected chi connectivity index (χ1v) is 12.4. The van der Waals surface area contributed by atoms with Gasteiger partial charge in [-0.05, 0) is 23.1 Å². The Labute approximate surface area is 202 Å². The first kappa shape index (κ1) is 25.8. The molecule has 35 heavy (non-hydrogen) atoms. The molecule has 0 unspecified atom stereocenters. The van der Waals surface area contributed by atoms with Crippen LogP contribution < -0.4 is 15.2 Å². The minimum atomic E-state index is -3.93. The van der Waals surface area contributed by atoms with Crippen LogP contribution in [0.1, 0.15) is 57.5 Å². The highest BCUT2D eigenvalue weighted by Gasteiger charge is 2.34. The van der Waals surface area contributed by atoms with E-state index in [-0.39, 0.29) is 39.4 Å². The molecule has 0 atom stereocenters. The van der Waals surface area contributed by atoms with Crippen LogP contribution in [-0.4, -0.2) is 49.6 Å². The summed E-state index contributed by atoms with van der Waals surface area (Å²) in [5.41, 5.74) is 5.97. The van der Waals surface area contributed by atoms with Crippen LogP contribution in [0, 0.1) is 0 Å². The van der Waals surface area contributed by atoms with Crippen LogP contribution in [0.15, 0.2) is 24.3 Å². The van der Waals surface area contributed by atoms with Crippen molar-refractivity contribution in [2.45, 2.75) is 26.2 Å². The third kappa shape index (κ3) is 4.46. The molecule has 0 aliphatic carbocycles. The number of aromatic nitrogens is 1. The number of nitrogens with one attached hydrogen (secondary N) is 1. The number of hydrogen-bond donors (Lipinski definition) is 3. The van der Waals surface area contributed by atoms with Crippen molar-refractivity contribution in [3.05, 3.63) is 46.6 Å². The third-order valence-electron chi connectivity index (χ3n) is 5.67. The number of rotatable bonds is 7. The van der Waals surface area contributed by atoms with Gasteiger partial charge in [0, 0.05) is 29.1 Å². The Morgan fingerprint density at radius 2 is 1.83 bits per heavy atom. The van der Waals surface area contributed by atoms with Crippen LogP contribution in [0.25, 0.3) is 22.0 Å². The molecular weight excluding hydrogens is 474 g/mol. The van der Waals surface area contributed by atoms with Crippen molar-refractivity contribution in [2.75, 3.05) is 18.1 Å². The van der Waals surface area contributed by atoms with Gasteiger partial charge in [-0.1, -0.05) is 32.9 Å². The van der Waals surface area contributed by atoms with Crippen molar-refractivity contribution in [1.82, 2.24) is 4.57 Å². The summed E-state index contributed by atoms with van der Waals surface area (Å²) in [7, 11) is -1.17. The van der Waals surface area contributed by atoms with E-state index in [0.717, 1.165) is 6.26 Å². The number of hydrogen-bond acceptors (Lipinski definition) is 6. The second-order valence-corrected chi connectivity index (χ2v) is 10.9. The van der Waals surface area contributed by atoms with E-state index in [1.54, 1.807) is 18.2 Å². The zero-order valence-electron chi connectivity index (χ0n) is 20.2. The molecule has 3 rings (SSSR count).